The van der Waals surface area contributed by atoms with E-state index in [2.05, 4.69) is 30.3 Å². The third-order valence-electron chi connectivity index (χ3n) is 8.81. The first-order valence-electron chi connectivity index (χ1n) is 16.5. The van der Waals surface area contributed by atoms with Gasteiger partial charge < -0.3 is 33.9 Å². The number of benzene rings is 1. The molecule has 15 heteroatoms. The Balaban J connectivity index is 1.09. The monoisotopic (exact) mass is 668 g/mol. The summed E-state index contributed by atoms with van der Waals surface area (Å²) in [6, 6.07) is 4.16. The molecule has 1 aliphatic carbocycles. The smallest absolute Gasteiger partial charge is 0.410 e. The molecule has 0 atom stereocenters. The van der Waals surface area contributed by atoms with Gasteiger partial charge in [0.1, 0.15) is 16.8 Å². The van der Waals surface area contributed by atoms with E-state index < -0.39 is 11.6 Å². The van der Waals surface area contributed by atoms with Crippen LogP contribution in [0.2, 0.25) is 0 Å². The summed E-state index contributed by atoms with van der Waals surface area (Å²) in [7, 11) is 1.84. The standard InChI is InChI=1S/C34H40N10O5/c1-20-14-43-18-28(37-30(43)25(36-20)16-41-17-26(32(46)47)35-19-41)38-31(45)23-8-9-27(24-15-40(5)39-29(23)24)42-12-10-22(11-13-42)44(21-6-7-21)33(48)49-34(2,3)4/h8-9,14-15,17-19,21-22H,6-7,10-13,16H2,1-5H3,(H,38,45)(H,46,47). The highest BCUT2D eigenvalue weighted by Crippen LogP contribution is 2.36. The number of rotatable bonds is 8. The zero-order chi connectivity index (χ0) is 34.6. The van der Waals surface area contributed by atoms with Gasteiger partial charge in [-0.15, -0.1) is 0 Å². The third kappa shape index (κ3) is 6.65. The third-order valence-corrected chi connectivity index (χ3v) is 8.81. The average molecular weight is 669 g/mol. The number of ether oxygens (including phenoxy) is 1. The first-order chi connectivity index (χ1) is 23.3. The van der Waals surface area contributed by atoms with Gasteiger partial charge in [-0.05, 0) is 65.5 Å². The molecule has 1 aliphatic heterocycles. The number of aromatic carboxylic acids is 1. The second-order valence-electron chi connectivity index (χ2n) is 13.9. The Morgan fingerprint density at radius 1 is 1.02 bits per heavy atom. The van der Waals surface area contributed by atoms with Crippen molar-refractivity contribution in [2.45, 2.75) is 77.6 Å². The van der Waals surface area contributed by atoms with E-state index in [0.29, 0.717) is 28.2 Å². The molecular weight excluding hydrogens is 628 g/mol. The lowest BCUT2D eigenvalue weighted by atomic mass is 10.0. The molecule has 2 N–H and O–H groups in total. The van der Waals surface area contributed by atoms with Gasteiger partial charge in [-0.2, -0.15) is 5.10 Å². The number of carbonyl (C=O) groups excluding carboxylic acids is 2. The van der Waals surface area contributed by atoms with Gasteiger partial charge >= 0.3 is 12.1 Å². The number of carboxylic acids is 1. The maximum Gasteiger partial charge on any atom is 0.410 e. The number of fused-ring (bicyclic) bond motifs is 2. The zero-order valence-corrected chi connectivity index (χ0v) is 28.3. The summed E-state index contributed by atoms with van der Waals surface area (Å²) < 4.78 is 10.9. The zero-order valence-electron chi connectivity index (χ0n) is 28.3. The number of imidazole rings is 2. The Hall–Kier alpha value is -5.47. The van der Waals surface area contributed by atoms with Crippen molar-refractivity contribution in [3.8, 4) is 0 Å². The normalized spacial score (nSPS) is 15.6. The number of hydrogen-bond acceptors (Lipinski definition) is 9. The van der Waals surface area contributed by atoms with E-state index in [1.165, 1.54) is 12.5 Å². The number of carbonyl (C=O) groups is 3. The van der Waals surface area contributed by atoms with Crippen LogP contribution in [0.15, 0.2) is 43.2 Å². The molecule has 7 rings (SSSR count). The second-order valence-corrected chi connectivity index (χ2v) is 13.9. The molecule has 1 saturated heterocycles. The summed E-state index contributed by atoms with van der Waals surface area (Å²) >= 11 is 0. The molecule has 0 spiro atoms. The molecule has 0 radical (unpaired) electrons. The molecule has 2 amide bonds. The summed E-state index contributed by atoms with van der Waals surface area (Å²) in [5, 5.41) is 17.7. The van der Waals surface area contributed by atoms with Crippen molar-refractivity contribution >= 4 is 46.0 Å². The van der Waals surface area contributed by atoms with Gasteiger partial charge in [0.15, 0.2) is 17.2 Å². The highest BCUT2D eigenvalue weighted by Gasteiger charge is 2.41. The molecule has 0 bridgehead atoms. The first-order valence-corrected chi connectivity index (χ1v) is 16.5. The molecular formula is C34H40N10O5. The lowest BCUT2D eigenvalue weighted by Crippen LogP contribution is -2.50. The van der Waals surface area contributed by atoms with Crippen LogP contribution in [-0.4, -0.2) is 92.5 Å². The predicted molar refractivity (Wildman–Crippen MR) is 181 cm³/mol. The van der Waals surface area contributed by atoms with Crippen molar-refractivity contribution < 1.29 is 24.2 Å². The summed E-state index contributed by atoms with van der Waals surface area (Å²) in [5.41, 5.74) is 3.27. The Kier molecular flexibility index (Phi) is 7.99. The highest BCUT2D eigenvalue weighted by atomic mass is 16.6. The van der Waals surface area contributed by atoms with Crippen LogP contribution in [-0.2, 0) is 18.3 Å². The molecule has 5 heterocycles. The van der Waals surface area contributed by atoms with Crippen molar-refractivity contribution in [2.75, 3.05) is 23.3 Å². The van der Waals surface area contributed by atoms with E-state index >= 15 is 0 Å². The van der Waals surface area contributed by atoms with E-state index in [4.69, 9.17) is 4.74 Å². The fraction of sp³-hybridized carbons (Fsp3) is 0.441. The second kappa shape index (κ2) is 12.2. The van der Waals surface area contributed by atoms with Gasteiger partial charge in [-0.25, -0.2) is 19.6 Å². The number of hydrogen-bond donors (Lipinski definition) is 2. The minimum absolute atomic E-state index is 0.0604. The minimum Gasteiger partial charge on any atom is -0.476 e. The fourth-order valence-corrected chi connectivity index (χ4v) is 6.59. The van der Waals surface area contributed by atoms with E-state index in [1.807, 2.05) is 58.1 Å². The van der Waals surface area contributed by atoms with Crippen LogP contribution < -0.4 is 10.2 Å². The van der Waals surface area contributed by atoms with E-state index in [9.17, 15) is 19.5 Å². The van der Waals surface area contributed by atoms with Crippen LogP contribution in [0.1, 0.15) is 78.7 Å². The predicted octanol–water partition coefficient (Wildman–Crippen LogP) is 4.49. The first kappa shape index (κ1) is 32.1. The van der Waals surface area contributed by atoms with Gasteiger partial charge in [-0.1, -0.05) is 0 Å². The number of nitrogens with one attached hydrogen (secondary N) is 1. The summed E-state index contributed by atoms with van der Waals surface area (Å²) in [5.74, 6) is -1.11. The molecule has 2 fully saturated rings. The van der Waals surface area contributed by atoms with E-state index in [0.717, 1.165) is 55.5 Å². The molecule has 256 valence electrons. The van der Waals surface area contributed by atoms with Crippen molar-refractivity contribution in [3.63, 3.8) is 0 Å². The van der Waals surface area contributed by atoms with E-state index in [-0.39, 0.29) is 36.3 Å². The van der Waals surface area contributed by atoms with Gasteiger partial charge in [0.25, 0.3) is 5.91 Å². The molecule has 49 heavy (non-hydrogen) atoms. The average Bonchev–Trinajstić information content (AvgIpc) is 3.38. The van der Waals surface area contributed by atoms with Gasteiger partial charge in [0.2, 0.25) is 0 Å². The number of aromatic nitrogens is 7. The molecule has 5 aromatic rings. The Morgan fingerprint density at radius 2 is 1.76 bits per heavy atom. The number of amides is 2. The molecule has 1 aromatic carbocycles. The minimum atomic E-state index is -1.11. The van der Waals surface area contributed by atoms with Crippen molar-refractivity contribution in [2.24, 2.45) is 7.05 Å². The molecule has 4 aromatic heterocycles. The maximum absolute atomic E-state index is 13.7. The largest absolute Gasteiger partial charge is 0.476 e. The molecule has 2 aliphatic rings. The fourth-order valence-electron chi connectivity index (χ4n) is 6.59. The van der Waals surface area contributed by atoms with Crippen molar-refractivity contribution in [1.82, 2.24) is 38.6 Å². The van der Waals surface area contributed by atoms with Crippen LogP contribution in [0.5, 0.6) is 0 Å². The number of piperidine rings is 1. The summed E-state index contributed by atoms with van der Waals surface area (Å²) in [4.78, 5) is 55.5. The van der Waals surface area contributed by atoms with E-state index in [1.54, 1.807) is 25.9 Å². The van der Waals surface area contributed by atoms with Crippen LogP contribution >= 0.6 is 0 Å². The SMILES string of the molecule is Cc1cn2cc(NC(=O)c3ccc(N4CCC(N(C(=O)OC(C)(C)C)C5CC5)CC4)c4cn(C)nc34)nc2c(Cn2cnc(C(=O)O)c2)n1. The molecule has 0 unspecified atom stereocenters. The topological polar surface area (TPSA) is 165 Å². The number of aryl methyl sites for hydroxylation is 2. The summed E-state index contributed by atoms with van der Waals surface area (Å²) in [6.45, 7) is 9.33. The van der Waals surface area contributed by atoms with Crippen LogP contribution in [0.25, 0.3) is 16.6 Å². The number of carboxylic acid groups (broad SMARTS) is 1. The number of nitrogens with zero attached hydrogens (tertiary/aromatic N) is 9. The number of anilines is 2. The highest BCUT2D eigenvalue weighted by molar-refractivity contribution is 6.13. The summed E-state index contributed by atoms with van der Waals surface area (Å²) in [6.07, 6.45) is 11.8. The van der Waals surface area contributed by atoms with Crippen molar-refractivity contribution in [1.29, 1.82) is 0 Å². The van der Waals surface area contributed by atoms with Gasteiger partial charge in [-0.3, -0.25) is 14.5 Å². The Bertz CT molecular complexity index is 2080. The molecule has 1 saturated carbocycles. The quantitative estimate of drug-likeness (QED) is 0.241. The Morgan fingerprint density at radius 3 is 2.43 bits per heavy atom. The van der Waals surface area contributed by atoms with Crippen LogP contribution in [0.4, 0.5) is 16.3 Å². The van der Waals surface area contributed by atoms with Crippen molar-refractivity contribution in [3.05, 3.63) is 65.9 Å². The maximum atomic E-state index is 13.7. The Labute approximate surface area is 282 Å². The lowest BCUT2D eigenvalue weighted by molar-refractivity contribution is 0.0113. The van der Waals surface area contributed by atoms with Crippen LogP contribution in [0.3, 0.4) is 0 Å². The van der Waals surface area contributed by atoms with Gasteiger partial charge in [0, 0.05) is 61.9 Å². The lowest BCUT2D eigenvalue weighted by Gasteiger charge is -2.40. The van der Waals surface area contributed by atoms with Crippen LogP contribution in [0, 0.1) is 6.92 Å². The molecule has 15 nitrogen and oxygen atoms in total. The van der Waals surface area contributed by atoms with Gasteiger partial charge in [0.05, 0.1) is 30.3 Å².